The maximum Gasteiger partial charge on any atom is 0.123 e. The van der Waals surface area contributed by atoms with Crippen LogP contribution in [0.4, 0.5) is 10.1 Å². The number of nitrogens with one attached hydrogen (secondary N) is 1. The molecule has 106 valence electrons. The molecule has 0 atom stereocenters. The molecule has 0 spiro atoms. The van der Waals surface area contributed by atoms with Gasteiger partial charge in [-0.05, 0) is 45.2 Å². The topological polar surface area (TPSA) is 18.5 Å². The second-order valence-corrected chi connectivity index (χ2v) is 5.79. The first-order chi connectivity index (χ1) is 9.03. The number of likely N-dealkylation sites (N-methyl/N-ethyl adjacent to an activating group) is 1. The maximum absolute atomic E-state index is 12.9. The average molecular weight is 265 g/mol. The summed E-state index contributed by atoms with van der Waals surface area (Å²) >= 11 is 0. The van der Waals surface area contributed by atoms with Crippen LogP contribution >= 0.6 is 0 Å². The molecule has 2 rings (SSSR count). The summed E-state index contributed by atoms with van der Waals surface area (Å²) in [7, 11) is 2.00. The largest absolute Gasteiger partial charge is 0.369 e. The number of nitrogens with zero attached hydrogens (tertiary/aromatic N) is 2. The molecular weight excluding hydrogens is 241 g/mol. The lowest BCUT2D eigenvalue weighted by Gasteiger charge is -2.44. The summed E-state index contributed by atoms with van der Waals surface area (Å²) in [5.74, 6) is -0.169. The molecule has 1 N–H and O–H groups in total. The second-order valence-electron chi connectivity index (χ2n) is 5.79. The molecule has 1 heterocycles. The molecule has 1 aliphatic rings. The zero-order valence-electron chi connectivity index (χ0n) is 12.1. The normalized spacial score (nSPS) is 17.8. The van der Waals surface area contributed by atoms with Crippen molar-refractivity contribution in [2.75, 3.05) is 44.7 Å². The summed E-state index contributed by atoms with van der Waals surface area (Å²) < 4.78 is 12.9. The van der Waals surface area contributed by atoms with Gasteiger partial charge >= 0.3 is 0 Å². The van der Waals surface area contributed by atoms with Gasteiger partial charge in [0, 0.05) is 44.0 Å². The van der Waals surface area contributed by atoms with Gasteiger partial charge in [0.1, 0.15) is 5.82 Å². The van der Waals surface area contributed by atoms with Gasteiger partial charge in [0.2, 0.25) is 0 Å². The molecule has 0 aliphatic carbocycles. The third-order valence-corrected chi connectivity index (χ3v) is 3.94. The van der Waals surface area contributed by atoms with Crippen LogP contribution in [0.25, 0.3) is 0 Å². The number of piperazine rings is 1. The molecular formula is C15H24FN3. The number of hydrogen-bond donors (Lipinski definition) is 1. The monoisotopic (exact) mass is 265 g/mol. The molecule has 1 aromatic rings. The number of benzene rings is 1. The van der Waals surface area contributed by atoms with Gasteiger partial charge in [-0.1, -0.05) is 0 Å². The van der Waals surface area contributed by atoms with Crippen LogP contribution in [0.15, 0.2) is 24.3 Å². The Kier molecular flexibility index (Phi) is 4.42. The van der Waals surface area contributed by atoms with Crippen LogP contribution in [0, 0.1) is 5.82 Å². The number of anilines is 1. The van der Waals surface area contributed by atoms with E-state index in [1.165, 1.54) is 12.1 Å². The predicted octanol–water partition coefficient (Wildman–Crippen LogP) is 1.95. The molecule has 1 aliphatic heterocycles. The molecule has 3 nitrogen and oxygen atoms in total. The van der Waals surface area contributed by atoms with Crippen LogP contribution in [-0.4, -0.2) is 50.2 Å². The van der Waals surface area contributed by atoms with Gasteiger partial charge < -0.3 is 10.2 Å². The Balaban J connectivity index is 1.94. The van der Waals surface area contributed by atoms with E-state index in [2.05, 4.69) is 29.0 Å². The summed E-state index contributed by atoms with van der Waals surface area (Å²) in [5.41, 5.74) is 1.30. The highest BCUT2D eigenvalue weighted by molar-refractivity contribution is 5.46. The number of halogens is 1. The Labute approximate surface area is 115 Å². The fraction of sp³-hybridized carbons (Fsp3) is 0.600. The van der Waals surface area contributed by atoms with Gasteiger partial charge in [-0.3, -0.25) is 4.90 Å². The van der Waals surface area contributed by atoms with Crippen molar-refractivity contribution in [3.8, 4) is 0 Å². The molecule has 0 amide bonds. The highest BCUT2D eigenvalue weighted by Crippen LogP contribution is 2.21. The lowest BCUT2D eigenvalue weighted by Crippen LogP contribution is -2.57. The van der Waals surface area contributed by atoms with Crippen LogP contribution in [0.3, 0.4) is 0 Å². The van der Waals surface area contributed by atoms with Crippen molar-refractivity contribution in [3.05, 3.63) is 30.1 Å². The van der Waals surface area contributed by atoms with Gasteiger partial charge in [-0.15, -0.1) is 0 Å². The van der Waals surface area contributed by atoms with Crippen molar-refractivity contribution in [2.45, 2.75) is 19.4 Å². The molecule has 0 saturated carbocycles. The first-order valence-corrected chi connectivity index (χ1v) is 6.93. The van der Waals surface area contributed by atoms with E-state index in [0.717, 1.165) is 38.4 Å². The van der Waals surface area contributed by atoms with Crippen molar-refractivity contribution in [1.82, 2.24) is 10.2 Å². The van der Waals surface area contributed by atoms with Gasteiger partial charge in [0.15, 0.2) is 0 Å². The van der Waals surface area contributed by atoms with Gasteiger partial charge in [-0.2, -0.15) is 0 Å². The van der Waals surface area contributed by atoms with E-state index in [4.69, 9.17) is 0 Å². The van der Waals surface area contributed by atoms with Crippen LogP contribution in [0.1, 0.15) is 13.8 Å². The zero-order chi connectivity index (χ0) is 13.9. The fourth-order valence-electron chi connectivity index (χ4n) is 2.77. The molecule has 19 heavy (non-hydrogen) atoms. The van der Waals surface area contributed by atoms with Crippen LogP contribution in [-0.2, 0) is 0 Å². The van der Waals surface area contributed by atoms with Gasteiger partial charge in [0.25, 0.3) is 0 Å². The highest BCUT2D eigenvalue weighted by atomic mass is 19.1. The average Bonchev–Trinajstić information content (AvgIpc) is 2.40. The van der Waals surface area contributed by atoms with Crippen molar-refractivity contribution in [1.29, 1.82) is 0 Å². The summed E-state index contributed by atoms with van der Waals surface area (Å²) in [6.45, 7) is 9.63. The SMILES string of the molecule is CNCC(C)(C)N1CCN(c2ccc(F)cc2)CC1. The molecule has 1 aromatic carbocycles. The van der Waals surface area contributed by atoms with Crippen LogP contribution in [0.5, 0.6) is 0 Å². The van der Waals surface area contributed by atoms with Crippen LogP contribution in [0.2, 0.25) is 0 Å². The molecule has 0 radical (unpaired) electrons. The maximum atomic E-state index is 12.9. The van der Waals surface area contributed by atoms with E-state index in [-0.39, 0.29) is 11.4 Å². The number of rotatable bonds is 4. The Morgan fingerprint density at radius 2 is 1.68 bits per heavy atom. The third kappa shape index (κ3) is 3.45. The third-order valence-electron chi connectivity index (χ3n) is 3.94. The zero-order valence-corrected chi connectivity index (χ0v) is 12.1. The second kappa shape index (κ2) is 5.88. The first kappa shape index (κ1) is 14.3. The Morgan fingerprint density at radius 1 is 1.11 bits per heavy atom. The smallest absolute Gasteiger partial charge is 0.123 e. The number of hydrogen-bond acceptors (Lipinski definition) is 3. The molecule has 1 fully saturated rings. The van der Waals surface area contributed by atoms with E-state index in [0.29, 0.717) is 0 Å². The quantitative estimate of drug-likeness (QED) is 0.897. The van der Waals surface area contributed by atoms with Crippen molar-refractivity contribution >= 4 is 5.69 Å². The van der Waals surface area contributed by atoms with Gasteiger partial charge in [0.05, 0.1) is 0 Å². The van der Waals surface area contributed by atoms with E-state index in [1.54, 1.807) is 0 Å². The fourth-order valence-corrected chi connectivity index (χ4v) is 2.77. The van der Waals surface area contributed by atoms with Crippen LogP contribution < -0.4 is 10.2 Å². The van der Waals surface area contributed by atoms with Gasteiger partial charge in [-0.25, -0.2) is 4.39 Å². The minimum Gasteiger partial charge on any atom is -0.369 e. The van der Waals surface area contributed by atoms with Crippen molar-refractivity contribution in [2.24, 2.45) is 0 Å². The van der Waals surface area contributed by atoms with E-state index >= 15 is 0 Å². The summed E-state index contributed by atoms with van der Waals surface area (Å²) in [5, 5.41) is 3.26. The Morgan fingerprint density at radius 3 is 2.21 bits per heavy atom. The van der Waals surface area contributed by atoms with E-state index in [9.17, 15) is 4.39 Å². The highest BCUT2D eigenvalue weighted by Gasteiger charge is 2.29. The minimum atomic E-state index is -0.169. The first-order valence-electron chi connectivity index (χ1n) is 6.93. The predicted molar refractivity (Wildman–Crippen MR) is 78.2 cm³/mol. The summed E-state index contributed by atoms with van der Waals surface area (Å²) in [6, 6.07) is 6.80. The van der Waals surface area contributed by atoms with Crippen molar-refractivity contribution in [3.63, 3.8) is 0 Å². The summed E-state index contributed by atoms with van der Waals surface area (Å²) in [6.07, 6.45) is 0. The lowest BCUT2D eigenvalue weighted by molar-refractivity contribution is 0.112. The molecule has 4 heteroatoms. The molecule has 0 aromatic heterocycles. The molecule has 0 unspecified atom stereocenters. The Bertz CT molecular complexity index is 394. The van der Waals surface area contributed by atoms with Crippen molar-refractivity contribution < 1.29 is 4.39 Å². The summed E-state index contributed by atoms with van der Waals surface area (Å²) in [4.78, 5) is 4.84. The molecule has 0 bridgehead atoms. The minimum absolute atomic E-state index is 0.169. The van der Waals surface area contributed by atoms with E-state index < -0.39 is 0 Å². The molecule has 1 saturated heterocycles. The Hall–Kier alpha value is -1.13. The van der Waals surface area contributed by atoms with E-state index in [1.807, 2.05) is 19.2 Å². The lowest BCUT2D eigenvalue weighted by atomic mass is 10.0. The standard InChI is InChI=1S/C15H24FN3/c1-15(2,12-17-3)19-10-8-18(9-11-19)14-6-4-13(16)5-7-14/h4-7,17H,8-12H2,1-3H3.